The highest BCUT2D eigenvalue weighted by Gasteiger charge is 2.31. The minimum atomic E-state index is -3.36. The van der Waals surface area contributed by atoms with Gasteiger partial charge in [0.1, 0.15) is 0 Å². The number of nitrogens with zero attached hydrogens (tertiary/aromatic N) is 3. The molecule has 0 atom stereocenters. The molecule has 0 spiro atoms. The molecule has 7 nitrogen and oxygen atoms in total. The average Bonchev–Trinajstić information content (AvgIpc) is 3.28. The zero-order valence-electron chi connectivity index (χ0n) is 14.4. The number of hydrogen-bond acceptors (Lipinski definition) is 4. The van der Waals surface area contributed by atoms with E-state index in [1.165, 1.54) is 0 Å². The lowest BCUT2D eigenvalue weighted by Gasteiger charge is -2.30. The normalized spacial score (nSPS) is 28.3. The topological polar surface area (TPSA) is 84.3 Å². The largest absolute Gasteiger partial charge is 0.279 e. The van der Waals surface area contributed by atoms with Crippen molar-refractivity contribution in [3.8, 4) is 0 Å². The van der Waals surface area contributed by atoms with Crippen LogP contribution in [0, 0.1) is 0 Å². The van der Waals surface area contributed by atoms with Crippen molar-refractivity contribution in [2.24, 2.45) is 0 Å². The summed E-state index contributed by atoms with van der Waals surface area (Å²) in [5, 5.41) is 4.58. The summed E-state index contributed by atoms with van der Waals surface area (Å²) in [6.45, 7) is 1.25. The van der Waals surface area contributed by atoms with E-state index in [1.54, 1.807) is 15.1 Å². The second kappa shape index (κ2) is 6.81. The lowest BCUT2D eigenvalue weighted by Crippen LogP contribution is -2.46. The number of aromatic nitrogens is 2. The second-order valence-electron chi connectivity index (χ2n) is 7.55. The van der Waals surface area contributed by atoms with Crippen LogP contribution in [0.15, 0.2) is 16.9 Å². The van der Waals surface area contributed by atoms with Gasteiger partial charge in [0.2, 0.25) is 0 Å². The predicted octanol–water partition coefficient (Wildman–Crippen LogP) is 1.53. The number of rotatable bonds is 5. The lowest BCUT2D eigenvalue weighted by molar-refractivity contribution is 0.281. The monoisotopic (exact) mass is 366 g/mol. The first-order valence-corrected chi connectivity index (χ1v) is 10.8. The molecule has 138 valence electrons. The van der Waals surface area contributed by atoms with Crippen LogP contribution < -0.4 is 10.3 Å². The fourth-order valence-corrected chi connectivity index (χ4v) is 5.50. The van der Waals surface area contributed by atoms with Gasteiger partial charge in [-0.15, -0.1) is 0 Å². The summed E-state index contributed by atoms with van der Waals surface area (Å²) in [6.07, 6.45) is 7.28. The lowest BCUT2D eigenvalue weighted by atomic mass is 9.92. The smallest absolute Gasteiger partial charge is 0.268 e. The summed E-state index contributed by atoms with van der Waals surface area (Å²) < 4.78 is 30.8. The first-order valence-electron chi connectivity index (χ1n) is 9.40. The van der Waals surface area contributed by atoms with Crippen LogP contribution in [0.4, 0.5) is 0 Å². The molecule has 0 aromatic carbocycles. The Balaban J connectivity index is 1.38. The van der Waals surface area contributed by atoms with Gasteiger partial charge in [-0.25, -0.2) is 4.68 Å². The molecular formula is C17H26N4O3S. The van der Waals surface area contributed by atoms with Crippen molar-refractivity contribution >= 4 is 10.2 Å². The Morgan fingerprint density at radius 3 is 2.32 bits per heavy atom. The Bertz CT molecular complexity index is 773. The van der Waals surface area contributed by atoms with Crippen LogP contribution in [0.2, 0.25) is 0 Å². The molecule has 2 aliphatic carbocycles. The third-order valence-electron chi connectivity index (χ3n) is 5.60. The van der Waals surface area contributed by atoms with Crippen molar-refractivity contribution in [3.63, 3.8) is 0 Å². The molecule has 0 radical (unpaired) electrons. The molecular weight excluding hydrogens is 340 g/mol. The minimum absolute atomic E-state index is 0.0378. The molecule has 8 heteroatoms. The zero-order valence-corrected chi connectivity index (χ0v) is 15.2. The third kappa shape index (κ3) is 3.80. The van der Waals surface area contributed by atoms with E-state index >= 15 is 0 Å². The third-order valence-corrected chi connectivity index (χ3v) is 7.28. The van der Waals surface area contributed by atoms with Gasteiger partial charge in [-0.3, -0.25) is 4.79 Å². The van der Waals surface area contributed by atoms with Gasteiger partial charge in [0.15, 0.2) is 0 Å². The van der Waals surface area contributed by atoms with Gasteiger partial charge in [0.05, 0.1) is 11.7 Å². The summed E-state index contributed by atoms with van der Waals surface area (Å²) in [5.74, 6) is 0.524. The van der Waals surface area contributed by atoms with Crippen LogP contribution in [0.25, 0.3) is 0 Å². The van der Waals surface area contributed by atoms with E-state index in [1.807, 2.05) is 6.07 Å². The summed E-state index contributed by atoms with van der Waals surface area (Å²) in [5.41, 5.74) is 0.974. The van der Waals surface area contributed by atoms with Crippen LogP contribution in [0.5, 0.6) is 0 Å². The first kappa shape index (κ1) is 17.2. The summed E-state index contributed by atoms with van der Waals surface area (Å²) in [7, 11) is -3.36. The minimum Gasteiger partial charge on any atom is -0.268 e. The van der Waals surface area contributed by atoms with Gasteiger partial charge in [-0.1, -0.05) is 0 Å². The van der Waals surface area contributed by atoms with Crippen LogP contribution in [0.1, 0.15) is 69.0 Å². The van der Waals surface area contributed by atoms with Gasteiger partial charge in [-0.05, 0) is 57.4 Å². The van der Waals surface area contributed by atoms with E-state index in [2.05, 4.69) is 9.82 Å². The average molecular weight is 366 g/mol. The molecule has 0 unspecified atom stereocenters. The molecule has 25 heavy (non-hydrogen) atoms. The van der Waals surface area contributed by atoms with Gasteiger partial charge < -0.3 is 0 Å². The summed E-state index contributed by atoms with van der Waals surface area (Å²) in [6, 6.07) is 3.53. The molecule has 3 fully saturated rings. The SMILES string of the molecule is O=c1ccc(C2CC2)nn1C1CCC(NS(=O)(=O)N2CCCC2)CC1. The highest BCUT2D eigenvalue weighted by atomic mass is 32.2. The van der Waals surface area contributed by atoms with Crippen LogP contribution in [-0.2, 0) is 10.2 Å². The zero-order chi connectivity index (χ0) is 17.4. The second-order valence-corrected chi connectivity index (χ2v) is 9.25. The Labute approximate surface area is 148 Å². The fraction of sp³-hybridized carbons (Fsp3) is 0.765. The quantitative estimate of drug-likeness (QED) is 0.857. The Morgan fingerprint density at radius 2 is 1.68 bits per heavy atom. The van der Waals surface area contributed by atoms with Crippen LogP contribution in [0.3, 0.4) is 0 Å². The Hall–Kier alpha value is -1.25. The van der Waals surface area contributed by atoms with Crippen LogP contribution in [-0.4, -0.2) is 41.6 Å². The van der Waals surface area contributed by atoms with E-state index in [9.17, 15) is 13.2 Å². The Kier molecular flexibility index (Phi) is 4.68. The number of nitrogens with one attached hydrogen (secondary N) is 1. The molecule has 1 saturated heterocycles. The Morgan fingerprint density at radius 1 is 1.00 bits per heavy atom. The maximum Gasteiger partial charge on any atom is 0.279 e. The van der Waals surface area contributed by atoms with E-state index in [0.29, 0.717) is 19.0 Å². The molecule has 2 heterocycles. The highest BCUT2D eigenvalue weighted by Crippen LogP contribution is 2.38. The van der Waals surface area contributed by atoms with Gasteiger partial charge in [-0.2, -0.15) is 22.5 Å². The van der Waals surface area contributed by atoms with E-state index in [0.717, 1.165) is 57.1 Å². The molecule has 1 aliphatic heterocycles. The highest BCUT2D eigenvalue weighted by molar-refractivity contribution is 7.87. The van der Waals surface area contributed by atoms with Crippen molar-refractivity contribution in [1.29, 1.82) is 0 Å². The van der Waals surface area contributed by atoms with Gasteiger partial charge in [0, 0.05) is 31.1 Å². The maximum atomic E-state index is 12.4. The standard InChI is InChI=1S/C17H26N4O3S/c22-17-10-9-16(13-3-4-13)18-21(17)15-7-5-14(6-8-15)19-25(23,24)20-11-1-2-12-20/h9-10,13-15,19H,1-8,11-12H2. The van der Waals surface area contributed by atoms with Crippen LogP contribution >= 0.6 is 0 Å². The van der Waals surface area contributed by atoms with Crippen molar-refractivity contribution in [3.05, 3.63) is 28.2 Å². The van der Waals surface area contributed by atoms with Crippen molar-refractivity contribution in [1.82, 2.24) is 18.8 Å². The van der Waals surface area contributed by atoms with E-state index in [4.69, 9.17) is 0 Å². The van der Waals surface area contributed by atoms with Gasteiger partial charge in [0.25, 0.3) is 15.8 Å². The van der Waals surface area contributed by atoms with E-state index < -0.39 is 10.2 Å². The molecule has 4 rings (SSSR count). The molecule has 0 amide bonds. The molecule has 3 aliphatic rings. The summed E-state index contributed by atoms with van der Waals surface area (Å²) in [4.78, 5) is 12.2. The molecule has 1 aromatic heterocycles. The van der Waals surface area contributed by atoms with E-state index in [-0.39, 0.29) is 17.6 Å². The molecule has 1 N–H and O–H groups in total. The number of hydrogen-bond donors (Lipinski definition) is 1. The first-order chi connectivity index (χ1) is 12.0. The fourth-order valence-electron chi connectivity index (χ4n) is 3.95. The molecule has 1 aromatic rings. The van der Waals surface area contributed by atoms with Gasteiger partial charge >= 0.3 is 0 Å². The molecule has 2 saturated carbocycles. The predicted molar refractivity (Wildman–Crippen MR) is 94.6 cm³/mol. The maximum absolute atomic E-state index is 12.4. The van der Waals surface area contributed by atoms with Crippen molar-refractivity contribution in [2.75, 3.05) is 13.1 Å². The summed E-state index contributed by atoms with van der Waals surface area (Å²) >= 11 is 0. The van der Waals surface area contributed by atoms with Crippen molar-refractivity contribution < 1.29 is 8.42 Å². The van der Waals surface area contributed by atoms with Crippen molar-refractivity contribution in [2.45, 2.75) is 69.4 Å². The molecule has 0 bridgehead atoms.